The van der Waals surface area contributed by atoms with Crippen molar-refractivity contribution in [3.05, 3.63) is 6.20 Å². The molecule has 72 valence electrons. The molecule has 1 atom stereocenters. The van der Waals surface area contributed by atoms with Crippen LogP contribution in [0.2, 0.25) is 0 Å². The molecule has 5 heteroatoms. The van der Waals surface area contributed by atoms with E-state index < -0.39 is 0 Å². The summed E-state index contributed by atoms with van der Waals surface area (Å²) in [4.78, 5) is 6.37. The third kappa shape index (κ3) is 1.76. The van der Waals surface area contributed by atoms with Gasteiger partial charge < -0.3 is 15.4 Å². The third-order valence-electron chi connectivity index (χ3n) is 2.27. The molecule has 0 aromatic carbocycles. The summed E-state index contributed by atoms with van der Waals surface area (Å²) in [6.45, 7) is 1.66. The first kappa shape index (κ1) is 8.77. The molecule has 1 unspecified atom stereocenters. The monoisotopic (exact) mass is 199 g/mol. The first-order chi connectivity index (χ1) is 6.27. The third-order valence-corrected chi connectivity index (χ3v) is 3.18. The molecule has 1 aromatic heterocycles. The number of hydrogen-bond acceptors (Lipinski definition) is 5. The predicted molar refractivity (Wildman–Crippen MR) is 54.2 cm³/mol. The maximum Gasteiger partial charge on any atom is 0.187 e. The highest BCUT2D eigenvalue weighted by atomic mass is 32.1. The molecule has 0 spiro atoms. The van der Waals surface area contributed by atoms with E-state index in [1.165, 1.54) is 11.3 Å². The number of anilines is 2. The van der Waals surface area contributed by atoms with Crippen molar-refractivity contribution in [3.63, 3.8) is 0 Å². The molecule has 1 aliphatic heterocycles. The van der Waals surface area contributed by atoms with Gasteiger partial charge in [0, 0.05) is 13.7 Å². The van der Waals surface area contributed by atoms with Gasteiger partial charge in [0.15, 0.2) is 5.13 Å². The van der Waals surface area contributed by atoms with Crippen molar-refractivity contribution in [2.75, 3.05) is 30.9 Å². The summed E-state index contributed by atoms with van der Waals surface area (Å²) < 4.78 is 5.31. The second-order valence-electron chi connectivity index (χ2n) is 3.17. The molecule has 0 aliphatic carbocycles. The number of aromatic nitrogens is 1. The van der Waals surface area contributed by atoms with Crippen molar-refractivity contribution in [1.29, 1.82) is 0 Å². The van der Waals surface area contributed by atoms with Crippen LogP contribution in [-0.4, -0.2) is 31.3 Å². The summed E-state index contributed by atoms with van der Waals surface area (Å²) >= 11 is 1.52. The lowest BCUT2D eigenvalue weighted by atomic mass is 10.2. The molecular weight excluding hydrogens is 186 g/mol. The van der Waals surface area contributed by atoms with E-state index in [2.05, 4.69) is 9.88 Å². The summed E-state index contributed by atoms with van der Waals surface area (Å²) in [5.41, 5.74) is 5.61. The largest absolute Gasteiger partial charge is 0.389 e. The Morgan fingerprint density at radius 2 is 2.62 bits per heavy atom. The summed E-state index contributed by atoms with van der Waals surface area (Å²) in [5.74, 6) is 0. The van der Waals surface area contributed by atoms with Gasteiger partial charge in [0.1, 0.15) is 5.00 Å². The molecule has 1 aliphatic rings. The van der Waals surface area contributed by atoms with Gasteiger partial charge in [-0.15, -0.1) is 0 Å². The van der Waals surface area contributed by atoms with Crippen LogP contribution in [0, 0.1) is 0 Å². The van der Waals surface area contributed by atoms with Crippen LogP contribution in [0.3, 0.4) is 0 Å². The Balaban J connectivity index is 2.07. The van der Waals surface area contributed by atoms with E-state index in [1.807, 2.05) is 7.05 Å². The molecule has 2 heterocycles. The van der Waals surface area contributed by atoms with Crippen LogP contribution < -0.4 is 10.6 Å². The normalized spacial score (nSPS) is 22.1. The lowest BCUT2D eigenvalue weighted by Gasteiger charge is -2.21. The number of nitrogens with two attached hydrogens (primary N) is 1. The quantitative estimate of drug-likeness (QED) is 0.770. The van der Waals surface area contributed by atoms with Gasteiger partial charge in [-0.1, -0.05) is 11.3 Å². The van der Waals surface area contributed by atoms with Crippen LogP contribution in [0.5, 0.6) is 0 Å². The zero-order valence-corrected chi connectivity index (χ0v) is 8.38. The molecule has 0 amide bonds. The number of likely N-dealkylation sites (N-methyl/N-ethyl adjacent to an activating group) is 1. The fourth-order valence-corrected chi connectivity index (χ4v) is 2.14. The molecule has 4 nitrogen and oxygen atoms in total. The number of thiazole rings is 1. The Morgan fingerprint density at radius 1 is 1.77 bits per heavy atom. The number of rotatable bonds is 2. The average molecular weight is 199 g/mol. The lowest BCUT2D eigenvalue weighted by molar-refractivity contribution is 0.193. The summed E-state index contributed by atoms with van der Waals surface area (Å²) in [5, 5.41) is 1.74. The van der Waals surface area contributed by atoms with Crippen LogP contribution in [-0.2, 0) is 4.74 Å². The topological polar surface area (TPSA) is 51.4 Å². The number of ether oxygens (including phenoxy) is 1. The van der Waals surface area contributed by atoms with E-state index in [9.17, 15) is 0 Å². The first-order valence-electron chi connectivity index (χ1n) is 4.29. The lowest BCUT2D eigenvalue weighted by Crippen LogP contribution is -2.31. The van der Waals surface area contributed by atoms with Crippen LogP contribution in [0.15, 0.2) is 6.20 Å². The highest BCUT2D eigenvalue weighted by Crippen LogP contribution is 2.26. The fourth-order valence-electron chi connectivity index (χ4n) is 1.42. The summed E-state index contributed by atoms with van der Waals surface area (Å²) in [7, 11) is 2.04. The van der Waals surface area contributed by atoms with E-state index in [-0.39, 0.29) is 0 Å². The van der Waals surface area contributed by atoms with Crippen LogP contribution in [0.1, 0.15) is 6.42 Å². The predicted octanol–water partition coefficient (Wildman–Crippen LogP) is 0.950. The van der Waals surface area contributed by atoms with Crippen molar-refractivity contribution >= 4 is 21.5 Å². The Morgan fingerprint density at radius 3 is 3.15 bits per heavy atom. The Kier molecular flexibility index (Phi) is 2.37. The van der Waals surface area contributed by atoms with E-state index in [4.69, 9.17) is 10.5 Å². The summed E-state index contributed by atoms with van der Waals surface area (Å²) in [6, 6.07) is 0.463. The van der Waals surface area contributed by atoms with Crippen molar-refractivity contribution in [3.8, 4) is 0 Å². The van der Waals surface area contributed by atoms with E-state index >= 15 is 0 Å². The Hall–Kier alpha value is -0.810. The first-order valence-corrected chi connectivity index (χ1v) is 5.11. The highest BCUT2D eigenvalue weighted by Gasteiger charge is 2.22. The molecule has 13 heavy (non-hydrogen) atoms. The zero-order chi connectivity index (χ0) is 9.26. The van der Waals surface area contributed by atoms with Gasteiger partial charge in [-0.05, 0) is 6.42 Å². The van der Waals surface area contributed by atoms with Crippen LogP contribution >= 0.6 is 11.3 Å². The minimum atomic E-state index is 0.463. The molecule has 1 saturated heterocycles. The van der Waals surface area contributed by atoms with Gasteiger partial charge in [-0.3, -0.25) is 0 Å². The second kappa shape index (κ2) is 3.51. The van der Waals surface area contributed by atoms with Crippen LogP contribution in [0.4, 0.5) is 10.1 Å². The fraction of sp³-hybridized carbons (Fsp3) is 0.625. The molecular formula is C8H13N3OS. The maximum atomic E-state index is 5.61. The minimum absolute atomic E-state index is 0.463. The average Bonchev–Trinajstić information content (AvgIpc) is 2.72. The standard InChI is InChI=1S/C8H13N3OS/c1-11(6-2-3-12-5-6)8-10-4-7(9)13-8/h4,6H,2-3,5,9H2,1H3. The van der Waals surface area contributed by atoms with Gasteiger partial charge >= 0.3 is 0 Å². The summed E-state index contributed by atoms with van der Waals surface area (Å²) in [6.07, 6.45) is 2.78. The van der Waals surface area contributed by atoms with Gasteiger partial charge in [-0.2, -0.15) is 0 Å². The smallest absolute Gasteiger partial charge is 0.187 e. The maximum absolute atomic E-state index is 5.61. The second-order valence-corrected chi connectivity index (χ2v) is 4.21. The van der Waals surface area contributed by atoms with Crippen LogP contribution in [0.25, 0.3) is 0 Å². The molecule has 0 saturated carbocycles. The Labute approximate surface area is 81.3 Å². The minimum Gasteiger partial charge on any atom is -0.389 e. The molecule has 1 fully saturated rings. The van der Waals surface area contributed by atoms with E-state index in [0.717, 1.165) is 29.8 Å². The van der Waals surface area contributed by atoms with Gasteiger partial charge in [0.25, 0.3) is 0 Å². The molecule has 0 bridgehead atoms. The van der Waals surface area contributed by atoms with Gasteiger partial charge in [-0.25, -0.2) is 4.98 Å². The van der Waals surface area contributed by atoms with Gasteiger partial charge in [0.2, 0.25) is 0 Å². The molecule has 0 radical (unpaired) electrons. The van der Waals surface area contributed by atoms with Crippen molar-refractivity contribution < 1.29 is 4.74 Å². The van der Waals surface area contributed by atoms with E-state index in [1.54, 1.807) is 6.20 Å². The van der Waals surface area contributed by atoms with Crippen molar-refractivity contribution in [2.24, 2.45) is 0 Å². The number of nitrogens with zero attached hydrogens (tertiary/aromatic N) is 2. The molecule has 2 rings (SSSR count). The number of nitrogen functional groups attached to an aromatic ring is 1. The van der Waals surface area contributed by atoms with Gasteiger partial charge in [0.05, 0.1) is 18.8 Å². The SMILES string of the molecule is CN(c1ncc(N)s1)C1CCOC1. The van der Waals surface area contributed by atoms with E-state index in [0.29, 0.717) is 6.04 Å². The molecule has 1 aromatic rings. The molecule has 2 N–H and O–H groups in total. The Bertz CT molecular complexity index is 283. The zero-order valence-electron chi connectivity index (χ0n) is 7.56. The highest BCUT2D eigenvalue weighted by molar-refractivity contribution is 7.19. The van der Waals surface area contributed by atoms with Crippen molar-refractivity contribution in [1.82, 2.24) is 4.98 Å². The number of hydrogen-bond donors (Lipinski definition) is 1. The van der Waals surface area contributed by atoms with Crippen molar-refractivity contribution in [2.45, 2.75) is 12.5 Å².